The summed E-state index contributed by atoms with van der Waals surface area (Å²) in [6.07, 6.45) is 8.21. The zero-order valence-electron chi connectivity index (χ0n) is 14.6. The normalized spacial score (nSPS) is 38.7. The summed E-state index contributed by atoms with van der Waals surface area (Å²) in [5.41, 5.74) is 0. The number of aliphatic hydroxyl groups excluding tert-OH is 1. The van der Waals surface area contributed by atoms with Crippen LogP contribution in [0.2, 0.25) is 0 Å². The largest absolute Gasteiger partial charge is 0.505 e. The second kappa shape index (κ2) is 9.43. The highest BCUT2D eigenvalue weighted by Gasteiger charge is 2.46. The number of hydrogen-bond acceptors (Lipinski definition) is 6. The summed E-state index contributed by atoms with van der Waals surface area (Å²) in [4.78, 5) is 2.53. The van der Waals surface area contributed by atoms with Gasteiger partial charge in [0.15, 0.2) is 6.29 Å². The van der Waals surface area contributed by atoms with Gasteiger partial charge in [0.2, 0.25) is 0 Å². The molecule has 0 amide bonds. The predicted octanol–water partition coefficient (Wildman–Crippen LogP) is 2.25. The van der Waals surface area contributed by atoms with Crippen molar-refractivity contribution in [1.82, 2.24) is 4.90 Å². The molecule has 6 heteroatoms. The van der Waals surface area contributed by atoms with E-state index in [-0.39, 0.29) is 30.5 Å². The first-order valence-corrected chi connectivity index (χ1v) is 10.4. The molecule has 0 aromatic rings. The molecule has 5 nitrogen and oxygen atoms in total. The van der Waals surface area contributed by atoms with Crippen LogP contribution in [0.5, 0.6) is 0 Å². The summed E-state index contributed by atoms with van der Waals surface area (Å²) in [5, 5.41) is 10.7. The molecule has 0 aromatic carbocycles. The van der Waals surface area contributed by atoms with Crippen LogP contribution in [0.25, 0.3) is 0 Å². The predicted molar refractivity (Wildman–Crippen MR) is 96.0 cm³/mol. The highest BCUT2D eigenvalue weighted by molar-refractivity contribution is 7.99. The average molecular weight is 358 g/mol. The standard InChI is InChI=1S/C18H31NO4S/c1-21-9-4-5-14-15(20)13-16(23-17-6-2-3-10-22-17)18(14)19-7-11-24-12-8-19/h4,9,14-18,20H,2-3,5-8,10-13H2,1H3. The molecular formula is C18H31NO4S. The molecule has 2 aliphatic heterocycles. The van der Waals surface area contributed by atoms with Gasteiger partial charge in [0.25, 0.3) is 0 Å². The van der Waals surface area contributed by atoms with E-state index in [2.05, 4.69) is 4.90 Å². The summed E-state index contributed by atoms with van der Waals surface area (Å²) >= 11 is 2.01. The summed E-state index contributed by atoms with van der Waals surface area (Å²) in [6, 6.07) is 0.271. The zero-order chi connectivity index (χ0) is 16.8. The molecule has 138 valence electrons. The topological polar surface area (TPSA) is 51.2 Å². The number of allylic oxidation sites excluding steroid dienone is 1. The number of rotatable bonds is 6. The Balaban J connectivity index is 1.68. The van der Waals surface area contributed by atoms with E-state index in [4.69, 9.17) is 14.2 Å². The van der Waals surface area contributed by atoms with Gasteiger partial charge in [-0.1, -0.05) is 0 Å². The fourth-order valence-corrected chi connectivity index (χ4v) is 5.12. The van der Waals surface area contributed by atoms with Crippen LogP contribution in [-0.4, -0.2) is 72.9 Å². The Morgan fingerprint density at radius 2 is 2.12 bits per heavy atom. The summed E-state index contributed by atoms with van der Waals surface area (Å²) in [5.74, 6) is 2.54. The molecule has 2 heterocycles. The molecular weight excluding hydrogens is 326 g/mol. The number of methoxy groups -OCH3 is 1. The Morgan fingerprint density at radius 1 is 1.29 bits per heavy atom. The molecule has 1 aliphatic carbocycles. The lowest BCUT2D eigenvalue weighted by atomic mass is 9.95. The minimum Gasteiger partial charge on any atom is -0.505 e. The molecule has 3 fully saturated rings. The third-order valence-electron chi connectivity index (χ3n) is 5.36. The molecule has 2 saturated heterocycles. The minimum absolute atomic E-state index is 0.0622. The lowest BCUT2D eigenvalue weighted by Gasteiger charge is -2.39. The lowest BCUT2D eigenvalue weighted by Crippen LogP contribution is -2.50. The molecule has 0 spiro atoms. The number of aliphatic hydroxyl groups is 1. The second-order valence-electron chi connectivity index (χ2n) is 6.92. The van der Waals surface area contributed by atoms with E-state index in [0.29, 0.717) is 6.42 Å². The molecule has 3 rings (SSSR count). The van der Waals surface area contributed by atoms with E-state index in [1.165, 1.54) is 17.9 Å². The molecule has 1 N–H and O–H groups in total. The van der Waals surface area contributed by atoms with Crippen LogP contribution in [-0.2, 0) is 14.2 Å². The third kappa shape index (κ3) is 4.67. The summed E-state index contributed by atoms with van der Waals surface area (Å²) in [6.45, 7) is 2.96. The monoisotopic (exact) mass is 357 g/mol. The van der Waals surface area contributed by atoms with Crippen molar-refractivity contribution in [3.63, 3.8) is 0 Å². The van der Waals surface area contributed by atoms with Gasteiger partial charge >= 0.3 is 0 Å². The molecule has 0 bridgehead atoms. The van der Waals surface area contributed by atoms with Gasteiger partial charge in [-0.2, -0.15) is 11.8 Å². The number of nitrogens with zero attached hydrogens (tertiary/aromatic N) is 1. The van der Waals surface area contributed by atoms with Gasteiger partial charge in [-0.3, -0.25) is 4.90 Å². The van der Waals surface area contributed by atoms with Crippen LogP contribution in [0.1, 0.15) is 32.1 Å². The van der Waals surface area contributed by atoms with E-state index < -0.39 is 0 Å². The van der Waals surface area contributed by atoms with E-state index >= 15 is 0 Å². The fraction of sp³-hybridized carbons (Fsp3) is 0.889. The molecule has 5 unspecified atom stereocenters. The minimum atomic E-state index is -0.320. The number of thioether (sulfide) groups is 1. The van der Waals surface area contributed by atoms with Crippen LogP contribution < -0.4 is 0 Å². The number of hydrogen-bond donors (Lipinski definition) is 1. The van der Waals surface area contributed by atoms with Crippen LogP contribution in [0, 0.1) is 5.92 Å². The first-order chi connectivity index (χ1) is 11.8. The molecule has 1 saturated carbocycles. The van der Waals surface area contributed by atoms with Crippen molar-refractivity contribution < 1.29 is 19.3 Å². The van der Waals surface area contributed by atoms with Crippen molar-refractivity contribution in [2.75, 3.05) is 38.3 Å². The van der Waals surface area contributed by atoms with Gasteiger partial charge in [-0.25, -0.2) is 0 Å². The zero-order valence-corrected chi connectivity index (χ0v) is 15.5. The van der Waals surface area contributed by atoms with Crippen LogP contribution in [0.3, 0.4) is 0 Å². The fourth-order valence-electron chi connectivity index (χ4n) is 4.19. The van der Waals surface area contributed by atoms with Crippen molar-refractivity contribution in [3.8, 4) is 0 Å². The molecule has 0 aromatic heterocycles. The third-order valence-corrected chi connectivity index (χ3v) is 6.30. The van der Waals surface area contributed by atoms with Gasteiger partial charge in [0.1, 0.15) is 0 Å². The van der Waals surface area contributed by atoms with Gasteiger partial charge in [-0.15, -0.1) is 0 Å². The summed E-state index contributed by atoms with van der Waals surface area (Å²) in [7, 11) is 1.66. The Hall–Kier alpha value is -0.270. The number of ether oxygens (including phenoxy) is 3. The van der Waals surface area contributed by atoms with Gasteiger partial charge in [0, 0.05) is 49.6 Å². The Morgan fingerprint density at radius 3 is 2.83 bits per heavy atom. The molecule has 24 heavy (non-hydrogen) atoms. The smallest absolute Gasteiger partial charge is 0.158 e. The van der Waals surface area contributed by atoms with E-state index in [1.807, 2.05) is 17.8 Å². The Kier molecular flexibility index (Phi) is 7.28. The summed E-state index contributed by atoms with van der Waals surface area (Å²) < 4.78 is 17.2. The van der Waals surface area contributed by atoms with E-state index in [0.717, 1.165) is 39.0 Å². The van der Waals surface area contributed by atoms with Gasteiger partial charge in [0.05, 0.1) is 25.6 Å². The van der Waals surface area contributed by atoms with Crippen molar-refractivity contribution in [2.45, 2.75) is 56.6 Å². The van der Waals surface area contributed by atoms with E-state index in [9.17, 15) is 5.11 Å². The molecule has 5 atom stereocenters. The Labute approximate surface area is 149 Å². The van der Waals surface area contributed by atoms with Crippen LogP contribution >= 0.6 is 11.8 Å². The van der Waals surface area contributed by atoms with E-state index in [1.54, 1.807) is 13.4 Å². The molecule has 0 radical (unpaired) electrons. The first kappa shape index (κ1) is 18.5. The highest BCUT2D eigenvalue weighted by atomic mass is 32.2. The van der Waals surface area contributed by atoms with Crippen molar-refractivity contribution in [3.05, 3.63) is 12.3 Å². The SMILES string of the molecule is COC=CCC1C(O)CC(OC2CCCCO2)C1N1CCSCC1. The van der Waals surface area contributed by atoms with Crippen LogP contribution in [0.4, 0.5) is 0 Å². The maximum absolute atomic E-state index is 10.7. The Bertz CT molecular complexity index is 396. The van der Waals surface area contributed by atoms with Crippen molar-refractivity contribution in [1.29, 1.82) is 0 Å². The maximum atomic E-state index is 10.7. The lowest BCUT2D eigenvalue weighted by molar-refractivity contribution is -0.197. The maximum Gasteiger partial charge on any atom is 0.158 e. The second-order valence-corrected chi connectivity index (χ2v) is 8.14. The van der Waals surface area contributed by atoms with Crippen molar-refractivity contribution in [2.24, 2.45) is 5.92 Å². The van der Waals surface area contributed by atoms with Gasteiger partial charge in [-0.05, 0) is 31.8 Å². The quantitative estimate of drug-likeness (QED) is 0.736. The first-order valence-electron chi connectivity index (χ1n) is 9.24. The highest BCUT2D eigenvalue weighted by Crippen LogP contribution is 2.37. The van der Waals surface area contributed by atoms with Gasteiger partial charge < -0.3 is 19.3 Å². The van der Waals surface area contributed by atoms with Crippen molar-refractivity contribution >= 4 is 11.8 Å². The average Bonchev–Trinajstić information content (AvgIpc) is 2.92. The molecule has 3 aliphatic rings. The van der Waals surface area contributed by atoms with Crippen LogP contribution in [0.15, 0.2) is 12.3 Å².